The molecule has 2 heterocycles. The molecule has 0 spiro atoms. The van der Waals surface area contributed by atoms with Crippen molar-refractivity contribution in [3.05, 3.63) is 63.9 Å². The second kappa shape index (κ2) is 9.20. The molecule has 10 heteroatoms. The molecular formula is C23H27N5O3S2. The zero-order valence-electron chi connectivity index (χ0n) is 18.9. The molecule has 0 atom stereocenters. The molecule has 0 saturated carbocycles. The minimum absolute atomic E-state index is 0.0440. The number of sulfonamides is 1. The third-order valence-corrected chi connectivity index (χ3v) is 8.23. The molecule has 0 aliphatic carbocycles. The van der Waals surface area contributed by atoms with Crippen LogP contribution in [0.2, 0.25) is 0 Å². The molecule has 0 radical (unpaired) electrons. The first kappa shape index (κ1) is 23.3. The van der Waals surface area contributed by atoms with Gasteiger partial charge >= 0.3 is 0 Å². The fraction of sp³-hybridized carbons (Fsp3) is 0.348. The lowest BCUT2D eigenvalue weighted by molar-refractivity contribution is -0.133. The molecule has 1 aromatic heterocycles. The number of aryl methyl sites for hydroxylation is 3. The zero-order chi connectivity index (χ0) is 23.8. The van der Waals surface area contributed by atoms with Crippen LogP contribution in [0.15, 0.2) is 47.4 Å². The minimum atomic E-state index is -3.61. The lowest BCUT2D eigenvalue weighted by Gasteiger charge is -2.34. The summed E-state index contributed by atoms with van der Waals surface area (Å²) >= 11 is 5.36. The Labute approximate surface area is 198 Å². The molecule has 2 aromatic carbocycles. The van der Waals surface area contributed by atoms with Gasteiger partial charge in [0.1, 0.15) is 6.54 Å². The van der Waals surface area contributed by atoms with Gasteiger partial charge in [0, 0.05) is 31.7 Å². The summed E-state index contributed by atoms with van der Waals surface area (Å²) in [7, 11) is -3.61. The number of nitrogens with zero attached hydrogens (tertiary/aromatic N) is 4. The number of amides is 1. The largest absolute Gasteiger partial charge is 0.338 e. The lowest BCUT2D eigenvalue weighted by atomic mass is 10.1. The average Bonchev–Trinajstić information content (AvgIpc) is 3.15. The van der Waals surface area contributed by atoms with Gasteiger partial charge in [-0.3, -0.25) is 14.5 Å². The van der Waals surface area contributed by atoms with Crippen LogP contribution in [0.3, 0.4) is 0 Å². The van der Waals surface area contributed by atoms with E-state index in [9.17, 15) is 13.2 Å². The Balaban J connectivity index is 1.46. The van der Waals surface area contributed by atoms with Gasteiger partial charge in [-0.25, -0.2) is 8.42 Å². The number of H-pyrrole nitrogens is 1. The number of carbonyl (C=O) groups excluding carboxylic acids is 1. The Morgan fingerprint density at radius 3 is 2.42 bits per heavy atom. The van der Waals surface area contributed by atoms with Gasteiger partial charge in [0.15, 0.2) is 10.6 Å². The summed E-state index contributed by atoms with van der Waals surface area (Å²) in [5.41, 5.74) is 3.58. The smallest absolute Gasteiger partial charge is 0.243 e. The van der Waals surface area contributed by atoms with Gasteiger partial charge in [-0.1, -0.05) is 35.9 Å². The maximum Gasteiger partial charge on any atom is 0.243 e. The van der Waals surface area contributed by atoms with E-state index in [1.165, 1.54) is 4.31 Å². The fourth-order valence-electron chi connectivity index (χ4n) is 4.01. The molecule has 1 fully saturated rings. The second-order valence-corrected chi connectivity index (χ2v) is 10.7. The predicted molar refractivity (Wildman–Crippen MR) is 129 cm³/mol. The maximum atomic E-state index is 13.2. The lowest BCUT2D eigenvalue weighted by Crippen LogP contribution is -2.51. The molecule has 1 N–H and O–H groups in total. The molecule has 1 aliphatic rings. The van der Waals surface area contributed by atoms with Gasteiger partial charge in [-0.15, -0.1) is 0 Å². The van der Waals surface area contributed by atoms with Crippen LogP contribution >= 0.6 is 12.2 Å². The number of hydrogen-bond acceptors (Lipinski definition) is 5. The quantitative estimate of drug-likeness (QED) is 0.561. The van der Waals surface area contributed by atoms with Crippen molar-refractivity contribution in [1.29, 1.82) is 0 Å². The molecule has 1 amide bonds. The van der Waals surface area contributed by atoms with Crippen molar-refractivity contribution in [2.75, 3.05) is 26.2 Å². The van der Waals surface area contributed by atoms with Crippen molar-refractivity contribution in [2.24, 2.45) is 0 Å². The number of piperazine rings is 1. The van der Waals surface area contributed by atoms with Crippen molar-refractivity contribution in [3.8, 4) is 11.4 Å². The molecule has 33 heavy (non-hydrogen) atoms. The summed E-state index contributed by atoms with van der Waals surface area (Å²) in [6.07, 6.45) is 0. The fourth-order valence-corrected chi connectivity index (χ4v) is 5.93. The molecule has 0 bridgehead atoms. The van der Waals surface area contributed by atoms with E-state index in [1.807, 2.05) is 50.2 Å². The van der Waals surface area contributed by atoms with E-state index in [2.05, 4.69) is 10.2 Å². The van der Waals surface area contributed by atoms with E-state index in [4.69, 9.17) is 12.2 Å². The van der Waals surface area contributed by atoms with Crippen LogP contribution in [-0.4, -0.2) is 64.5 Å². The monoisotopic (exact) mass is 485 g/mol. The standard InChI is InChI=1S/C23H27N5O3S2/c1-16-5-4-6-19(13-16)22-24-25-23(32)28(22)15-21(29)26-9-11-27(12-10-26)33(30,31)20-14-17(2)7-8-18(20)3/h4-8,13-14H,9-12,15H2,1-3H3,(H,25,32). The summed E-state index contributed by atoms with van der Waals surface area (Å²) in [5.74, 6) is 0.485. The molecule has 3 aromatic rings. The van der Waals surface area contributed by atoms with E-state index in [0.717, 1.165) is 22.3 Å². The molecule has 8 nitrogen and oxygen atoms in total. The van der Waals surface area contributed by atoms with Crippen molar-refractivity contribution in [2.45, 2.75) is 32.2 Å². The number of carbonyl (C=O) groups is 1. The Morgan fingerprint density at radius 2 is 1.73 bits per heavy atom. The van der Waals surface area contributed by atoms with E-state index in [0.29, 0.717) is 28.6 Å². The number of hydrogen-bond donors (Lipinski definition) is 1. The molecule has 1 aliphatic heterocycles. The van der Waals surface area contributed by atoms with Gasteiger partial charge in [0.25, 0.3) is 0 Å². The van der Waals surface area contributed by atoms with Crippen molar-refractivity contribution in [3.63, 3.8) is 0 Å². The third-order valence-electron chi connectivity index (χ3n) is 5.88. The van der Waals surface area contributed by atoms with E-state index in [-0.39, 0.29) is 25.5 Å². The Hall–Kier alpha value is -2.82. The van der Waals surface area contributed by atoms with Gasteiger partial charge < -0.3 is 4.90 Å². The summed E-state index contributed by atoms with van der Waals surface area (Å²) in [6.45, 7) is 6.87. The van der Waals surface area contributed by atoms with Gasteiger partial charge in [-0.05, 0) is 56.2 Å². The highest BCUT2D eigenvalue weighted by atomic mass is 32.2. The first-order chi connectivity index (χ1) is 15.7. The predicted octanol–water partition coefficient (Wildman–Crippen LogP) is 3.07. The SMILES string of the molecule is Cc1cccc(-c2n[nH]c(=S)n2CC(=O)N2CCN(S(=O)(=O)c3cc(C)ccc3C)CC2)c1. The van der Waals surface area contributed by atoms with Crippen LogP contribution in [0.4, 0.5) is 0 Å². The second-order valence-electron chi connectivity index (χ2n) is 8.36. The van der Waals surface area contributed by atoms with E-state index >= 15 is 0 Å². The van der Waals surface area contributed by atoms with Gasteiger partial charge in [0.05, 0.1) is 4.90 Å². The minimum Gasteiger partial charge on any atom is -0.338 e. The number of rotatable bonds is 5. The summed E-state index contributed by atoms with van der Waals surface area (Å²) in [4.78, 5) is 15.1. The topological polar surface area (TPSA) is 91.3 Å². The van der Waals surface area contributed by atoms with Crippen LogP contribution in [0.25, 0.3) is 11.4 Å². The first-order valence-corrected chi connectivity index (χ1v) is 12.6. The van der Waals surface area contributed by atoms with Crippen LogP contribution in [-0.2, 0) is 21.4 Å². The van der Waals surface area contributed by atoms with Crippen molar-refractivity contribution < 1.29 is 13.2 Å². The Bertz CT molecular complexity index is 1350. The molecule has 0 unspecified atom stereocenters. The highest BCUT2D eigenvalue weighted by Crippen LogP contribution is 2.23. The Morgan fingerprint density at radius 1 is 1.03 bits per heavy atom. The normalized spacial score (nSPS) is 15.1. The average molecular weight is 486 g/mol. The van der Waals surface area contributed by atoms with Gasteiger partial charge in [-0.2, -0.15) is 9.40 Å². The van der Waals surface area contributed by atoms with Crippen LogP contribution < -0.4 is 0 Å². The number of aromatic amines is 1. The van der Waals surface area contributed by atoms with E-state index in [1.54, 1.807) is 22.5 Å². The number of aromatic nitrogens is 3. The molecule has 4 rings (SSSR count). The van der Waals surface area contributed by atoms with Crippen LogP contribution in [0.5, 0.6) is 0 Å². The summed E-state index contributed by atoms with van der Waals surface area (Å²) < 4.78 is 29.8. The van der Waals surface area contributed by atoms with Crippen molar-refractivity contribution >= 4 is 28.1 Å². The summed E-state index contributed by atoms with van der Waals surface area (Å²) in [6, 6.07) is 13.3. The number of nitrogens with one attached hydrogen (secondary N) is 1. The number of benzene rings is 2. The highest BCUT2D eigenvalue weighted by Gasteiger charge is 2.31. The molecule has 1 saturated heterocycles. The Kier molecular flexibility index (Phi) is 6.51. The van der Waals surface area contributed by atoms with Crippen LogP contribution in [0.1, 0.15) is 16.7 Å². The molecule has 174 valence electrons. The zero-order valence-corrected chi connectivity index (χ0v) is 20.5. The first-order valence-electron chi connectivity index (χ1n) is 10.7. The van der Waals surface area contributed by atoms with Gasteiger partial charge in [0.2, 0.25) is 15.9 Å². The highest BCUT2D eigenvalue weighted by molar-refractivity contribution is 7.89. The third kappa shape index (κ3) is 4.78. The van der Waals surface area contributed by atoms with E-state index < -0.39 is 10.0 Å². The van der Waals surface area contributed by atoms with Crippen molar-refractivity contribution in [1.82, 2.24) is 24.0 Å². The maximum absolute atomic E-state index is 13.2. The summed E-state index contributed by atoms with van der Waals surface area (Å²) in [5, 5.41) is 7.08. The molecular weight excluding hydrogens is 458 g/mol. The van der Waals surface area contributed by atoms with Crippen LogP contribution in [0, 0.1) is 25.5 Å².